The first-order valence-corrected chi connectivity index (χ1v) is 7.66. The first-order valence-electron chi connectivity index (χ1n) is 6.84. The fourth-order valence-corrected chi connectivity index (χ4v) is 3.98. The number of benzene rings is 1. The largest absolute Gasteiger partial charge is 0.311 e. The minimum absolute atomic E-state index is 0. The Morgan fingerprint density at radius 2 is 2.00 bits per heavy atom. The number of carbonyl (C=O) groups is 1. The molecule has 0 atom stereocenters. The van der Waals surface area contributed by atoms with Gasteiger partial charge < -0.3 is 4.90 Å². The van der Waals surface area contributed by atoms with Crippen molar-refractivity contribution < 1.29 is 4.79 Å². The second-order valence-corrected chi connectivity index (χ2v) is 6.14. The second kappa shape index (κ2) is 5.48. The van der Waals surface area contributed by atoms with Gasteiger partial charge in [0.1, 0.15) is 4.53 Å². The van der Waals surface area contributed by atoms with Gasteiger partial charge >= 0.3 is 0 Å². The summed E-state index contributed by atoms with van der Waals surface area (Å²) in [7, 11) is 1.74. The number of thiazole rings is 1. The molecule has 1 aromatic carbocycles. The molecule has 22 heavy (non-hydrogen) atoms. The van der Waals surface area contributed by atoms with E-state index in [2.05, 4.69) is 4.99 Å². The van der Waals surface area contributed by atoms with Crippen molar-refractivity contribution in [3.8, 4) is 0 Å². The van der Waals surface area contributed by atoms with Crippen molar-refractivity contribution >= 4 is 45.5 Å². The summed E-state index contributed by atoms with van der Waals surface area (Å²) in [5.41, 5.74) is 2.11. The molecule has 0 radical (unpaired) electrons. The Balaban J connectivity index is 0.00000144. The van der Waals surface area contributed by atoms with Gasteiger partial charge in [0.15, 0.2) is 4.80 Å². The minimum atomic E-state index is -0.118. The maximum absolute atomic E-state index is 12.6. The molecular weight excluding hydrogens is 366 g/mol. The van der Waals surface area contributed by atoms with Crippen molar-refractivity contribution in [1.29, 1.82) is 0 Å². The van der Waals surface area contributed by atoms with Gasteiger partial charge in [0, 0.05) is 25.7 Å². The molecule has 3 heterocycles. The van der Waals surface area contributed by atoms with Crippen LogP contribution < -0.4 is 19.8 Å². The Kier molecular flexibility index (Phi) is 3.78. The number of nitrogens with zero attached hydrogens (tertiary/aromatic N) is 3. The Bertz CT molecular complexity index is 944. The fourth-order valence-electron chi connectivity index (χ4n) is 2.87. The molecule has 5 nitrogen and oxygen atoms in total. The molecule has 0 aliphatic carbocycles. The summed E-state index contributed by atoms with van der Waals surface area (Å²) in [5.74, 6) is -0.118. The lowest BCUT2D eigenvalue weighted by Gasteiger charge is -2.07. The van der Waals surface area contributed by atoms with E-state index in [4.69, 9.17) is 0 Å². The Morgan fingerprint density at radius 3 is 2.77 bits per heavy atom. The molecule has 0 N–H and O–H groups in total. The number of hydrogen-bond donors (Lipinski definition) is 0. The molecule has 0 saturated heterocycles. The van der Waals surface area contributed by atoms with Gasteiger partial charge in [-0.2, -0.15) is 0 Å². The van der Waals surface area contributed by atoms with Crippen LogP contribution in [-0.2, 0) is 11.3 Å². The molecule has 2 aliphatic rings. The molecule has 2 aliphatic heterocycles. The number of amides is 1. The van der Waals surface area contributed by atoms with E-state index in [-0.39, 0.29) is 28.4 Å². The van der Waals surface area contributed by atoms with E-state index in [1.807, 2.05) is 24.3 Å². The Labute approximate surface area is 141 Å². The van der Waals surface area contributed by atoms with E-state index in [1.54, 1.807) is 16.5 Å². The van der Waals surface area contributed by atoms with E-state index in [0.717, 1.165) is 29.0 Å². The van der Waals surface area contributed by atoms with E-state index < -0.39 is 0 Å². The first kappa shape index (κ1) is 15.2. The summed E-state index contributed by atoms with van der Waals surface area (Å²) in [6, 6.07) is 7.58. The average molecular weight is 380 g/mol. The maximum atomic E-state index is 12.6. The van der Waals surface area contributed by atoms with E-state index in [9.17, 15) is 9.59 Å². The van der Waals surface area contributed by atoms with Crippen LogP contribution in [0.3, 0.4) is 0 Å². The summed E-state index contributed by atoms with van der Waals surface area (Å²) in [4.78, 5) is 31.9. The zero-order valence-electron chi connectivity index (χ0n) is 11.9. The highest BCUT2D eigenvalue weighted by Gasteiger charge is 2.31. The van der Waals surface area contributed by atoms with Gasteiger partial charge in [-0.25, -0.2) is 0 Å². The fraction of sp³-hybridized carbons (Fsp3) is 0.267. The number of rotatable bonds is 0. The van der Waals surface area contributed by atoms with Crippen LogP contribution in [0.15, 0.2) is 34.1 Å². The number of halogens is 1. The standard InChI is InChI=1S/C15H13N3O2S.BrH/c1-17-10-6-3-2-5-9(10)11(13(17)19)12-14(20)18-8-4-7-16-15(18)21-12;/h2-3,5-6H,4,7-8H2,1H3;1H. The van der Waals surface area contributed by atoms with Crippen LogP contribution in [0, 0.1) is 0 Å². The summed E-state index contributed by atoms with van der Waals surface area (Å²) in [6.07, 6.45) is 0.878. The quantitative estimate of drug-likeness (QED) is 0.675. The molecular formula is C15H14BrN3O2S. The molecule has 1 aromatic heterocycles. The third-order valence-electron chi connectivity index (χ3n) is 3.93. The van der Waals surface area contributed by atoms with Crippen molar-refractivity contribution in [2.24, 2.45) is 4.99 Å². The van der Waals surface area contributed by atoms with E-state index in [1.165, 1.54) is 11.3 Å². The molecule has 0 unspecified atom stereocenters. The number of carbonyl (C=O) groups excluding carboxylic acids is 1. The number of likely N-dealkylation sites (N-methyl/N-ethyl adjacent to an activating group) is 1. The van der Waals surface area contributed by atoms with Gasteiger partial charge in [0.2, 0.25) is 0 Å². The number of aromatic nitrogens is 1. The molecule has 0 fully saturated rings. The summed E-state index contributed by atoms with van der Waals surface area (Å²) in [5, 5.41) is 0. The maximum Gasteiger partial charge on any atom is 0.271 e. The molecule has 4 rings (SSSR count). The highest BCUT2D eigenvalue weighted by molar-refractivity contribution is 8.93. The Morgan fingerprint density at radius 1 is 1.23 bits per heavy atom. The van der Waals surface area contributed by atoms with Crippen molar-refractivity contribution in [1.82, 2.24) is 4.57 Å². The predicted molar refractivity (Wildman–Crippen MR) is 91.5 cm³/mol. The summed E-state index contributed by atoms with van der Waals surface area (Å²) in [6.45, 7) is 1.44. The highest BCUT2D eigenvalue weighted by Crippen LogP contribution is 2.33. The third kappa shape index (κ3) is 1.99. The number of para-hydroxylation sites is 1. The van der Waals surface area contributed by atoms with Crippen LogP contribution in [0.2, 0.25) is 0 Å². The van der Waals surface area contributed by atoms with E-state index in [0.29, 0.717) is 16.7 Å². The molecule has 7 heteroatoms. The average Bonchev–Trinajstić information content (AvgIpc) is 2.96. The number of hydrogen-bond acceptors (Lipinski definition) is 4. The van der Waals surface area contributed by atoms with Crippen LogP contribution in [0.5, 0.6) is 0 Å². The lowest BCUT2D eigenvalue weighted by molar-refractivity contribution is -0.112. The molecule has 0 spiro atoms. The molecule has 114 valence electrons. The smallest absolute Gasteiger partial charge is 0.271 e. The van der Waals surface area contributed by atoms with Gasteiger partial charge in [0.25, 0.3) is 11.5 Å². The predicted octanol–water partition coefficient (Wildman–Crippen LogP) is 0.686. The SMILES string of the molecule is Br.CN1C(=O)C(=c2sc3n(c2=O)CCCN=3)c2ccccc21. The van der Waals surface area contributed by atoms with Crippen LogP contribution in [0.4, 0.5) is 5.69 Å². The third-order valence-corrected chi connectivity index (χ3v) is 5.05. The normalized spacial score (nSPS) is 18.4. The monoisotopic (exact) mass is 379 g/mol. The van der Waals surface area contributed by atoms with Crippen molar-refractivity contribution in [2.75, 3.05) is 18.5 Å². The number of fused-ring (bicyclic) bond motifs is 2. The topological polar surface area (TPSA) is 54.7 Å². The van der Waals surface area contributed by atoms with Gasteiger partial charge in [0.05, 0.1) is 11.3 Å². The first-order chi connectivity index (χ1) is 10.2. The lowest BCUT2D eigenvalue weighted by atomic mass is 10.1. The molecule has 2 aromatic rings. The van der Waals surface area contributed by atoms with Crippen molar-refractivity contribution in [2.45, 2.75) is 13.0 Å². The van der Waals surface area contributed by atoms with Crippen LogP contribution in [-0.4, -0.2) is 24.1 Å². The van der Waals surface area contributed by atoms with Crippen molar-refractivity contribution in [3.63, 3.8) is 0 Å². The molecule has 0 saturated carbocycles. The highest BCUT2D eigenvalue weighted by atomic mass is 79.9. The van der Waals surface area contributed by atoms with Gasteiger partial charge in [-0.3, -0.25) is 19.1 Å². The summed E-state index contributed by atoms with van der Waals surface area (Å²) < 4.78 is 2.20. The second-order valence-electron chi connectivity index (χ2n) is 5.16. The Hall–Kier alpha value is -1.73. The van der Waals surface area contributed by atoms with Crippen LogP contribution in [0.25, 0.3) is 5.57 Å². The molecule has 1 amide bonds. The zero-order valence-corrected chi connectivity index (χ0v) is 14.4. The molecule has 0 bridgehead atoms. The van der Waals surface area contributed by atoms with Gasteiger partial charge in [-0.1, -0.05) is 29.5 Å². The van der Waals surface area contributed by atoms with E-state index >= 15 is 0 Å². The minimum Gasteiger partial charge on any atom is -0.311 e. The summed E-state index contributed by atoms with van der Waals surface area (Å²) >= 11 is 1.33. The van der Waals surface area contributed by atoms with Gasteiger partial charge in [-0.05, 0) is 12.5 Å². The number of anilines is 1. The van der Waals surface area contributed by atoms with Crippen LogP contribution in [0.1, 0.15) is 12.0 Å². The zero-order chi connectivity index (χ0) is 14.6. The van der Waals surface area contributed by atoms with Crippen LogP contribution >= 0.6 is 28.3 Å². The lowest BCUT2D eigenvalue weighted by Crippen LogP contribution is -2.35. The van der Waals surface area contributed by atoms with Gasteiger partial charge in [-0.15, -0.1) is 17.0 Å². The van der Waals surface area contributed by atoms with Crippen molar-refractivity contribution in [3.05, 3.63) is 49.5 Å².